The predicted octanol–water partition coefficient (Wildman–Crippen LogP) is 3.70. The quantitative estimate of drug-likeness (QED) is 0.809. The Bertz CT molecular complexity index is 886. The highest BCUT2D eigenvalue weighted by atomic mass is 35.5. The zero-order chi connectivity index (χ0) is 18.1. The molecule has 2 aromatic rings. The summed E-state index contributed by atoms with van der Waals surface area (Å²) in [5.74, 6) is 0.498. The van der Waals surface area contributed by atoms with E-state index in [0.29, 0.717) is 36.7 Å². The van der Waals surface area contributed by atoms with Crippen LogP contribution in [0.25, 0.3) is 10.8 Å². The molecule has 2 fully saturated rings. The summed E-state index contributed by atoms with van der Waals surface area (Å²) in [4.78, 5) is 0.485. The molecule has 2 heterocycles. The maximum absolute atomic E-state index is 13.3. The number of halogens is 1. The van der Waals surface area contributed by atoms with Crippen LogP contribution in [0.15, 0.2) is 41.3 Å². The van der Waals surface area contributed by atoms with Crippen LogP contribution in [0.1, 0.15) is 37.2 Å². The van der Waals surface area contributed by atoms with Crippen molar-refractivity contribution in [2.75, 3.05) is 26.2 Å². The fraction of sp³-hybridized carbons (Fsp3) is 0.500. The standard InChI is InChI=1S/C20H25ClN2O2S/c21-23-13-9-16(10-14-23)26(24,25)20-6-5-17(15-7-11-22-12-8-15)18-3-1-2-4-19(18)20/h1-6,15-16,22H,7-14H2. The Morgan fingerprint density at radius 1 is 0.923 bits per heavy atom. The van der Waals surface area contributed by atoms with E-state index in [1.54, 1.807) is 4.42 Å². The topological polar surface area (TPSA) is 49.4 Å². The van der Waals surface area contributed by atoms with Gasteiger partial charge in [-0.25, -0.2) is 12.8 Å². The van der Waals surface area contributed by atoms with Gasteiger partial charge < -0.3 is 5.32 Å². The van der Waals surface area contributed by atoms with E-state index in [0.717, 1.165) is 36.7 Å². The molecule has 2 aliphatic heterocycles. The van der Waals surface area contributed by atoms with Gasteiger partial charge in [-0.1, -0.05) is 30.3 Å². The molecular weight excluding hydrogens is 368 g/mol. The van der Waals surface area contributed by atoms with Gasteiger partial charge in [0, 0.05) is 18.5 Å². The summed E-state index contributed by atoms with van der Waals surface area (Å²) in [5.41, 5.74) is 1.29. The molecule has 0 aromatic heterocycles. The lowest BCUT2D eigenvalue weighted by atomic mass is 9.87. The maximum atomic E-state index is 13.3. The number of nitrogens with one attached hydrogen (secondary N) is 1. The van der Waals surface area contributed by atoms with E-state index in [2.05, 4.69) is 17.4 Å². The van der Waals surface area contributed by atoms with Gasteiger partial charge >= 0.3 is 0 Å². The molecular formula is C20H25ClN2O2S. The second-order valence-corrected chi connectivity index (χ2v) is 10.1. The monoisotopic (exact) mass is 392 g/mol. The molecule has 0 aliphatic carbocycles. The van der Waals surface area contributed by atoms with Crippen molar-refractivity contribution in [1.29, 1.82) is 0 Å². The SMILES string of the molecule is O=S(=O)(c1ccc(C2CCNCC2)c2ccccc12)C1CCN(Cl)CC1. The van der Waals surface area contributed by atoms with Gasteiger partial charge in [0.25, 0.3) is 0 Å². The third-order valence-electron chi connectivity index (χ3n) is 5.83. The molecule has 4 nitrogen and oxygen atoms in total. The van der Waals surface area contributed by atoms with Gasteiger partial charge in [-0.3, -0.25) is 0 Å². The number of nitrogens with zero attached hydrogens (tertiary/aromatic N) is 1. The van der Waals surface area contributed by atoms with Gasteiger partial charge in [0.05, 0.1) is 10.1 Å². The number of rotatable bonds is 3. The Labute approximate surface area is 160 Å². The van der Waals surface area contributed by atoms with Gasteiger partial charge in [0.1, 0.15) is 0 Å². The van der Waals surface area contributed by atoms with Crippen LogP contribution in [0, 0.1) is 0 Å². The Balaban J connectivity index is 1.77. The van der Waals surface area contributed by atoms with Crippen molar-refractivity contribution < 1.29 is 8.42 Å². The number of piperidine rings is 2. The molecule has 2 aromatic carbocycles. The second-order valence-electron chi connectivity index (χ2n) is 7.38. The van der Waals surface area contributed by atoms with Crippen molar-refractivity contribution in [3.8, 4) is 0 Å². The van der Waals surface area contributed by atoms with Gasteiger partial charge in [-0.15, -0.1) is 0 Å². The number of hydrogen-bond donors (Lipinski definition) is 1. The van der Waals surface area contributed by atoms with Crippen LogP contribution in [0.2, 0.25) is 0 Å². The molecule has 4 rings (SSSR count). The third kappa shape index (κ3) is 3.38. The Morgan fingerprint density at radius 2 is 1.58 bits per heavy atom. The first-order chi connectivity index (χ1) is 12.6. The zero-order valence-electron chi connectivity index (χ0n) is 14.8. The van der Waals surface area contributed by atoms with Crippen molar-refractivity contribution >= 4 is 32.4 Å². The molecule has 0 atom stereocenters. The highest BCUT2D eigenvalue weighted by molar-refractivity contribution is 7.92. The minimum absolute atomic E-state index is 0.342. The normalized spacial score (nSPS) is 21.3. The zero-order valence-corrected chi connectivity index (χ0v) is 16.4. The summed E-state index contributed by atoms with van der Waals surface area (Å²) < 4.78 is 28.3. The average Bonchev–Trinajstić information content (AvgIpc) is 2.68. The fourth-order valence-electron chi connectivity index (χ4n) is 4.35. The molecule has 0 unspecified atom stereocenters. The molecule has 0 bridgehead atoms. The summed E-state index contributed by atoms with van der Waals surface area (Å²) in [5, 5.41) is 5.03. The van der Waals surface area contributed by atoms with E-state index in [9.17, 15) is 8.42 Å². The number of hydrogen-bond acceptors (Lipinski definition) is 4. The molecule has 2 aliphatic rings. The lowest BCUT2D eigenvalue weighted by Gasteiger charge is -2.28. The van der Waals surface area contributed by atoms with Gasteiger partial charge in [0.2, 0.25) is 0 Å². The fourth-order valence-corrected chi connectivity index (χ4v) is 6.47. The number of benzene rings is 2. The van der Waals surface area contributed by atoms with E-state index < -0.39 is 9.84 Å². The van der Waals surface area contributed by atoms with Gasteiger partial charge in [-0.05, 0) is 73.5 Å². The first kappa shape index (κ1) is 18.2. The highest BCUT2D eigenvalue weighted by Gasteiger charge is 2.32. The van der Waals surface area contributed by atoms with Crippen LogP contribution in [0.5, 0.6) is 0 Å². The largest absolute Gasteiger partial charge is 0.317 e. The summed E-state index contributed by atoms with van der Waals surface area (Å²) in [6.07, 6.45) is 3.39. The third-order valence-corrected chi connectivity index (χ3v) is 8.49. The Kier molecular flexibility index (Phi) is 5.24. The van der Waals surface area contributed by atoms with Crippen LogP contribution in [-0.4, -0.2) is 44.3 Å². The second kappa shape index (κ2) is 7.47. The van der Waals surface area contributed by atoms with E-state index >= 15 is 0 Å². The van der Waals surface area contributed by atoms with Gasteiger partial charge in [0.15, 0.2) is 9.84 Å². The van der Waals surface area contributed by atoms with Crippen molar-refractivity contribution in [3.05, 3.63) is 42.0 Å². The summed E-state index contributed by atoms with van der Waals surface area (Å²) >= 11 is 6.01. The van der Waals surface area contributed by atoms with Crippen LogP contribution >= 0.6 is 11.8 Å². The summed E-state index contributed by atoms with van der Waals surface area (Å²) in [6, 6.07) is 11.9. The molecule has 0 saturated carbocycles. The van der Waals surface area contributed by atoms with Crippen molar-refractivity contribution in [2.45, 2.75) is 41.7 Å². The molecule has 26 heavy (non-hydrogen) atoms. The van der Waals surface area contributed by atoms with Crippen molar-refractivity contribution in [1.82, 2.24) is 9.74 Å². The molecule has 2 saturated heterocycles. The van der Waals surface area contributed by atoms with Crippen molar-refractivity contribution in [2.24, 2.45) is 0 Å². The maximum Gasteiger partial charge on any atom is 0.181 e. The molecule has 1 N–H and O–H groups in total. The first-order valence-electron chi connectivity index (χ1n) is 9.44. The van der Waals surface area contributed by atoms with E-state index in [1.807, 2.05) is 24.3 Å². The smallest absolute Gasteiger partial charge is 0.181 e. The van der Waals surface area contributed by atoms with Crippen LogP contribution in [0.4, 0.5) is 0 Å². The Hall–Kier alpha value is -1.14. The number of sulfone groups is 1. The lowest BCUT2D eigenvalue weighted by molar-refractivity contribution is 0.367. The van der Waals surface area contributed by atoms with Crippen molar-refractivity contribution in [3.63, 3.8) is 0 Å². The highest BCUT2D eigenvalue weighted by Crippen LogP contribution is 2.36. The van der Waals surface area contributed by atoms with E-state index in [4.69, 9.17) is 11.8 Å². The van der Waals surface area contributed by atoms with E-state index in [1.165, 1.54) is 5.56 Å². The molecule has 0 amide bonds. The summed E-state index contributed by atoms with van der Waals surface area (Å²) in [6.45, 7) is 3.29. The molecule has 140 valence electrons. The summed E-state index contributed by atoms with van der Waals surface area (Å²) in [7, 11) is -3.36. The van der Waals surface area contributed by atoms with Gasteiger partial charge in [-0.2, -0.15) is 0 Å². The molecule has 0 spiro atoms. The molecule has 0 radical (unpaired) electrons. The minimum Gasteiger partial charge on any atom is -0.317 e. The average molecular weight is 393 g/mol. The minimum atomic E-state index is -3.36. The number of fused-ring (bicyclic) bond motifs is 1. The van der Waals surface area contributed by atoms with Crippen LogP contribution in [-0.2, 0) is 9.84 Å². The predicted molar refractivity (Wildman–Crippen MR) is 106 cm³/mol. The molecule has 6 heteroatoms. The lowest BCUT2D eigenvalue weighted by Crippen LogP contribution is -2.34. The van der Waals surface area contributed by atoms with E-state index in [-0.39, 0.29) is 5.25 Å². The van der Waals surface area contributed by atoms with Crippen LogP contribution in [0.3, 0.4) is 0 Å². The van der Waals surface area contributed by atoms with Crippen LogP contribution < -0.4 is 5.32 Å². The Morgan fingerprint density at radius 3 is 2.27 bits per heavy atom. The first-order valence-corrected chi connectivity index (χ1v) is 11.3.